The lowest BCUT2D eigenvalue weighted by Gasteiger charge is -2.36. The lowest BCUT2D eigenvalue weighted by atomic mass is 10.0. The van der Waals surface area contributed by atoms with Crippen LogP contribution in [0, 0.1) is 88.9 Å². The Bertz CT molecular complexity index is 5930. The maximum absolute atomic E-state index is 14.8. The van der Waals surface area contributed by atoms with Gasteiger partial charge in [0, 0.05) is 120 Å². The fourth-order valence-electron chi connectivity index (χ4n) is 18.1. The smallest absolute Gasteiger partial charge is 0.254 e. The van der Waals surface area contributed by atoms with Gasteiger partial charge >= 0.3 is 0 Å². The summed E-state index contributed by atoms with van der Waals surface area (Å²) in [5.41, 5.74) is 55.3. The van der Waals surface area contributed by atoms with Crippen molar-refractivity contribution in [3.05, 3.63) is 307 Å². The highest BCUT2D eigenvalue weighted by molar-refractivity contribution is 6.20. The van der Waals surface area contributed by atoms with Gasteiger partial charge in [-0.15, -0.1) is 11.6 Å². The van der Waals surface area contributed by atoms with Crippen LogP contribution in [0.25, 0.3) is 0 Å². The van der Waals surface area contributed by atoms with Crippen LogP contribution >= 0.6 is 11.6 Å². The lowest BCUT2D eigenvalue weighted by Crippen LogP contribution is -2.41. The first kappa shape index (κ1) is 97.7. The van der Waals surface area contributed by atoms with E-state index in [-0.39, 0.29) is 11.2 Å². The van der Waals surface area contributed by atoms with Gasteiger partial charge in [-0.25, -0.2) is 4.39 Å². The van der Waals surface area contributed by atoms with Crippen molar-refractivity contribution in [3.8, 4) is 0 Å². The summed E-state index contributed by atoms with van der Waals surface area (Å²) in [6.45, 7) is 37.6. The van der Waals surface area contributed by atoms with E-state index in [0.717, 1.165) is 107 Å². The van der Waals surface area contributed by atoms with Gasteiger partial charge in [-0.05, 0) is 302 Å². The molecule has 0 radical (unpaired) electrons. The number of nitrogens with two attached hydrogens (primary N) is 4. The Morgan fingerprint density at radius 2 is 0.669 bits per heavy atom. The van der Waals surface area contributed by atoms with E-state index >= 15 is 0 Å². The Labute approximate surface area is 787 Å². The summed E-state index contributed by atoms with van der Waals surface area (Å²) in [5.74, 6) is -0.407. The number of alkyl halides is 1. The maximum atomic E-state index is 14.8. The molecule has 702 valence electrons. The van der Waals surface area contributed by atoms with Gasteiger partial charge < -0.3 is 68.5 Å². The summed E-state index contributed by atoms with van der Waals surface area (Å²) in [7, 11) is 4.33. The molecule has 4 aliphatic heterocycles. The predicted molar refractivity (Wildman–Crippen MR) is 535 cm³/mol. The van der Waals surface area contributed by atoms with Crippen LogP contribution in [0.2, 0.25) is 0 Å². The Hall–Kier alpha value is -12.8. The Balaban J connectivity index is 0.000000151. The van der Waals surface area contributed by atoms with Crippen LogP contribution in [0.15, 0.2) is 140 Å². The van der Waals surface area contributed by atoms with Gasteiger partial charge in [0.15, 0.2) is 23.3 Å². The standard InChI is InChI=1S/C28H38N6O.C26H32ClN5O.C26H33N5O.C25H30FN5O2/c1-18-14-22(15-19(2)20(18)3)17-30-28-26(27(29)35)25(31-32-28)16-21-6-8-24(9-7-21)34-12-10-23(11-13-34)33(4)5;1-16-12-20(13-17(2)18(16)3)15-29-26-24(25(28)33)23(30-31-26)14-19-4-6-22(7-5-19)32-10-8-21(27)9-11-32;1-17-12-22(13-18(2)19(17)3)15-28-26-24(25(27)32)23(29-30-26)14-20-6-8-21(9-7-20)16-31-10-4-5-11-31;1-15-10-19(11-16(2)17(15)3)14-28-25-23(24(27)32)21(29-30-25)13-18-4-5-22(20(26)12-18)31-6-8-33-9-7-31/h6-9,14-15,23H,10-13,16-17H2,1-5H3,(H2,29,35)(H2,30,31,32);4-7,12-13,21H,8-11,14-15H2,1-3H3,(H2,28,33)(H2,29,30,31);6-9,12-13H,4-5,10-11,14-16H2,1-3H3,(H2,27,32)(H2,28,29,30);4-5,10-12H,6-9,13-14H2,1-3H3,(H2,27,32)(H2,28,29,30). The topological polar surface area (TPSA) is 361 Å². The molecule has 16 N–H and O–H groups in total. The first-order valence-corrected chi connectivity index (χ1v) is 46.8. The molecule has 0 unspecified atom stereocenters. The minimum absolute atomic E-state index is 0.287. The highest BCUT2D eigenvalue weighted by Crippen LogP contribution is 2.33. The van der Waals surface area contributed by atoms with Gasteiger partial charge in [0.2, 0.25) is 0 Å². The molecule has 4 amide bonds. The number of carbonyl (C=O) groups is 4. The summed E-state index contributed by atoms with van der Waals surface area (Å²) in [5, 5.41) is 42.7. The predicted octanol–water partition coefficient (Wildman–Crippen LogP) is 16.9. The summed E-state index contributed by atoms with van der Waals surface area (Å²) in [4.78, 5) is 60.6. The second-order valence-electron chi connectivity index (χ2n) is 36.6. The van der Waals surface area contributed by atoms with Gasteiger partial charge in [0.25, 0.3) is 23.6 Å². The Morgan fingerprint density at radius 1 is 0.383 bits per heavy atom. The van der Waals surface area contributed by atoms with Crippen molar-refractivity contribution in [2.45, 2.75) is 191 Å². The van der Waals surface area contributed by atoms with Crippen LogP contribution in [0.1, 0.15) is 220 Å². The number of ether oxygens (including phenoxy) is 1. The molecule has 16 rings (SSSR count). The molecule has 4 aromatic heterocycles. The average molecular weight is 1820 g/mol. The van der Waals surface area contributed by atoms with E-state index < -0.39 is 23.6 Å². The quantitative estimate of drug-likeness (QED) is 0.0186. The molecule has 133 heavy (non-hydrogen) atoms. The molecule has 0 aliphatic carbocycles. The molecule has 26 nitrogen and oxygen atoms in total. The number of aromatic nitrogens is 8. The zero-order chi connectivity index (χ0) is 94.8. The van der Waals surface area contributed by atoms with E-state index in [9.17, 15) is 23.6 Å². The van der Waals surface area contributed by atoms with E-state index in [1.165, 1.54) is 129 Å². The summed E-state index contributed by atoms with van der Waals surface area (Å²) in [6.07, 6.45) is 9.01. The van der Waals surface area contributed by atoms with E-state index in [0.29, 0.717) is 141 Å². The number of aromatic amines is 4. The number of hydrogen-bond donors (Lipinski definition) is 12. The van der Waals surface area contributed by atoms with Gasteiger partial charge in [-0.1, -0.05) is 103 Å². The van der Waals surface area contributed by atoms with Crippen molar-refractivity contribution >= 4 is 75.6 Å². The second kappa shape index (κ2) is 45.1. The van der Waals surface area contributed by atoms with Gasteiger partial charge in [0.1, 0.15) is 28.1 Å². The van der Waals surface area contributed by atoms with Gasteiger partial charge in [0.05, 0.1) is 41.7 Å². The number of piperidine rings is 2. The molecule has 8 heterocycles. The van der Waals surface area contributed by atoms with Gasteiger partial charge in [-0.3, -0.25) is 44.5 Å². The Kier molecular flexibility index (Phi) is 33.1. The molecule has 8 aromatic carbocycles. The zero-order valence-corrected chi connectivity index (χ0v) is 80.5. The SMILES string of the molecule is Cc1cc(CNc2n[nH]c(Cc3ccc(CN4CCCC4)cc3)c2C(N)=O)cc(C)c1C.Cc1cc(CNc2n[nH]c(Cc3ccc(N4CCC(Cl)CC4)cc3)c2C(N)=O)cc(C)c1C.Cc1cc(CNc2n[nH]c(Cc3ccc(N4CCC(N(C)C)CC4)cc3)c2C(N)=O)cc(C)c1C.Cc1cc(CNc2n[nH]c(Cc3ccc(N4CCOCC4)c(F)c3)c2C(N)=O)cc(C)c1C. The van der Waals surface area contributed by atoms with E-state index in [4.69, 9.17) is 39.3 Å². The number of anilines is 7. The highest BCUT2D eigenvalue weighted by Gasteiger charge is 2.28. The first-order chi connectivity index (χ1) is 63.8. The molecule has 4 aliphatic rings. The largest absolute Gasteiger partial charge is 0.378 e. The third kappa shape index (κ3) is 25.5. The number of nitrogens with one attached hydrogen (secondary N) is 8. The number of primary amides is 4. The number of likely N-dealkylation sites (tertiary alicyclic amines) is 1. The van der Waals surface area contributed by atoms with Crippen LogP contribution < -0.4 is 58.9 Å². The maximum Gasteiger partial charge on any atom is 0.254 e. The van der Waals surface area contributed by atoms with E-state index in [2.05, 4.69) is 300 Å². The van der Waals surface area contributed by atoms with E-state index in [1.807, 2.05) is 11.0 Å². The number of halogens is 2. The number of H-pyrrole nitrogens is 4. The Morgan fingerprint density at radius 3 is 0.970 bits per heavy atom. The molecule has 0 spiro atoms. The minimum atomic E-state index is -0.581. The minimum Gasteiger partial charge on any atom is -0.378 e. The van der Waals surface area contributed by atoms with E-state index in [1.54, 1.807) is 6.07 Å². The fraction of sp³-hybridized carbons (Fsp3) is 0.390. The number of morpholine rings is 1. The van der Waals surface area contributed by atoms with Crippen molar-refractivity contribution in [2.24, 2.45) is 22.9 Å². The average Bonchev–Trinajstić information content (AvgIpc) is 1.69. The van der Waals surface area contributed by atoms with Crippen molar-refractivity contribution in [1.29, 1.82) is 0 Å². The molecule has 4 fully saturated rings. The number of hydrogen-bond acceptors (Lipinski definition) is 18. The summed E-state index contributed by atoms with van der Waals surface area (Å²) < 4.78 is 20.1. The summed E-state index contributed by atoms with van der Waals surface area (Å²) in [6, 6.07) is 48.7. The zero-order valence-electron chi connectivity index (χ0n) is 79.7. The number of rotatable bonds is 30. The molecule has 0 atom stereocenters. The molecule has 12 aromatic rings. The lowest BCUT2D eigenvalue weighted by molar-refractivity contribution is 0.0991. The molecular formula is C105H133ClFN21O5. The number of carbonyl (C=O) groups excluding carboxylic acids is 4. The monoisotopic (exact) mass is 1820 g/mol. The third-order valence-corrected chi connectivity index (χ3v) is 27.3. The normalized spacial score (nSPS) is 14.2. The van der Waals surface area contributed by atoms with Crippen LogP contribution in [-0.2, 0) is 63.1 Å². The summed E-state index contributed by atoms with van der Waals surface area (Å²) >= 11 is 6.23. The number of amides is 4. The van der Waals surface area contributed by atoms with Crippen molar-refractivity contribution in [3.63, 3.8) is 0 Å². The second-order valence-corrected chi connectivity index (χ2v) is 37.2. The van der Waals surface area contributed by atoms with Crippen molar-refractivity contribution in [1.82, 2.24) is 50.6 Å². The van der Waals surface area contributed by atoms with Crippen molar-refractivity contribution < 1.29 is 28.3 Å². The van der Waals surface area contributed by atoms with Crippen LogP contribution in [0.3, 0.4) is 0 Å². The molecule has 0 saturated carbocycles. The molecule has 0 bridgehead atoms. The highest BCUT2D eigenvalue weighted by atomic mass is 35.5. The number of benzene rings is 8. The van der Waals surface area contributed by atoms with Gasteiger partial charge in [-0.2, -0.15) is 20.4 Å². The van der Waals surface area contributed by atoms with Crippen LogP contribution in [0.4, 0.5) is 44.7 Å². The fourth-order valence-corrected chi connectivity index (χ4v) is 18.3. The third-order valence-electron chi connectivity index (χ3n) is 26.9. The molecule has 28 heteroatoms. The molecular weight excluding hydrogens is 1690 g/mol. The first-order valence-electron chi connectivity index (χ1n) is 46.4. The number of nitrogens with zero attached hydrogens (tertiary/aromatic N) is 9. The number of aryl methyl sites for hydroxylation is 8. The van der Waals surface area contributed by atoms with Crippen LogP contribution in [0.5, 0.6) is 0 Å². The molecule has 4 saturated heterocycles. The van der Waals surface area contributed by atoms with Crippen molar-refractivity contribution in [2.75, 3.05) is 116 Å². The van der Waals surface area contributed by atoms with Crippen LogP contribution in [-0.4, -0.2) is 165 Å².